The molecule has 0 aromatic carbocycles. The molecule has 0 aliphatic carbocycles. The molecule has 1 amide bonds. The number of hydrogen-bond donors (Lipinski definition) is 3. The fourth-order valence-electron chi connectivity index (χ4n) is 2.37. The van der Waals surface area contributed by atoms with E-state index in [1.807, 2.05) is 13.8 Å². The van der Waals surface area contributed by atoms with Gasteiger partial charge < -0.3 is 16.2 Å². The second kappa shape index (κ2) is 8.90. The Kier molecular flexibility index (Phi) is 7.55. The summed E-state index contributed by atoms with van der Waals surface area (Å²) in [5.74, 6) is -1.45. The molecule has 5 nitrogen and oxygen atoms in total. The minimum atomic E-state index is -0.995. The maximum absolute atomic E-state index is 12.3. The van der Waals surface area contributed by atoms with E-state index in [-0.39, 0.29) is 23.2 Å². The summed E-state index contributed by atoms with van der Waals surface area (Å²) in [7, 11) is 0. The number of nitrogens with one attached hydrogen (secondary N) is 1. The predicted octanol–water partition coefficient (Wildman–Crippen LogP) is 3.41. The van der Waals surface area contributed by atoms with Crippen LogP contribution in [-0.2, 0) is 11.2 Å². The summed E-state index contributed by atoms with van der Waals surface area (Å²) >= 11 is 1.26. The largest absolute Gasteiger partial charge is 0.477 e. The van der Waals surface area contributed by atoms with Gasteiger partial charge in [0.1, 0.15) is 4.88 Å². The minimum absolute atomic E-state index is 0.185. The maximum Gasteiger partial charge on any atom is 0.348 e. The van der Waals surface area contributed by atoms with Gasteiger partial charge >= 0.3 is 5.97 Å². The van der Waals surface area contributed by atoms with Crippen LogP contribution >= 0.6 is 11.3 Å². The summed E-state index contributed by atoms with van der Waals surface area (Å²) in [6, 6.07) is 0. The monoisotopic (exact) mass is 326 g/mol. The van der Waals surface area contributed by atoms with Crippen LogP contribution in [0.15, 0.2) is 0 Å². The Morgan fingerprint density at radius 1 is 1.32 bits per heavy atom. The summed E-state index contributed by atoms with van der Waals surface area (Å²) in [4.78, 5) is 25.0. The second-order valence-corrected chi connectivity index (χ2v) is 6.58. The van der Waals surface area contributed by atoms with Gasteiger partial charge in [-0.3, -0.25) is 4.79 Å². The number of aryl methyl sites for hydroxylation is 1. The molecule has 1 aromatic heterocycles. The van der Waals surface area contributed by atoms with Gasteiger partial charge in [-0.15, -0.1) is 11.3 Å². The summed E-state index contributed by atoms with van der Waals surface area (Å²) in [5, 5.41) is 12.2. The fourth-order valence-corrected chi connectivity index (χ4v) is 3.51. The highest BCUT2D eigenvalue weighted by Crippen LogP contribution is 2.34. The van der Waals surface area contributed by atoms with Crippen LogP contribution in [0.2, 0.25) is 0 Å². The predicted molar refractivity (Wildman–Crippen MR) is 90.7 cm³/mol. The number of aromatic carboxylic acids is 1. The van der Waals surface area contributed by atoms with Crippen molar-refractivity contribution in [1.29, 1.82) is 0 Å². The number of carbonyl (C=O) groups is 2. The van der Waals surface area contributed by atoms with E-state index in [9.17, 15) is 14.7 Å². The molecule has 0 saturated heterocycles. The van der Waals surface area contributed by atoms with Crippen molar-refractivity contribution in [3.63, 3.8) is 0 Å². The average Bonchev–Trinajstić information content (AvgIpc) is 2.79. The molecule has 1 atom stereocenters. The molecular formula is C16H26N2O3S. The normalized spacial score (nSPS) is 12.2. The number of amides is 1. The number of carbonyl (C=O) groups excluding carboxylic acids is 1. The van der Waals surface area contributed by atoms with E-state index in [1.54, 1.807) is 0 Å². The Bertz CT molecular complexity index is 526. The van der Waals surface area contributed by atoms with E-state index in [2.05, 4.69) is 12.2 Å². The molecule has 124 valence electrons. The van der Waals surface area contributed by atoms with Crippen LogP contribution in [0.25, 0.3) is 0 Å². The Morgan fingerprint density at radius 3 is 2.50 bits per heavy atom. The van der Waals surface area contributed by atoms with Crippen molar-refractivity contribution in [2.24, 2.45) is 11.7 Å². The molecule has 22 heavy (non-hydrogen) atoms. The molecule has 0 fully saturated rings. The molecule has 1 unspecified atom stereocenters. The average molecular weight is 326 g/mol. The van der Waals surface area contributed by atoms with E-state index in [4.69, 9.17) is 5.73 Å². The Morgan fingerprint density at radius 2 is 2.00 bits per heavy atom. The number of anilines is 1. The lowest BCUT2D eigenvalue weighted by molar-refractivity contribution is -0.119. The SMILES string of the molecule is CCCCc1sc(C(=O)O)c(NC(=O)C(CN)CCC)c1C. The first-order valence-electron chi connectivity index (χ1n) is 7.82. The third-order valence-electron chi connectivity index (χ3n) is 3.74. The zero-order chi connectivity index (χ0) is 16.7. The van der Waals surface area contributed by atoms with Crippen LogP contribution in [0.1, 0.15) is 59.6 Å². The van der Waals surface area contributed by atoms with Gasteiger partial charge in [-0.05, 0) is 31.7 Å². The number of thiophene rings is 1. The molecule has 0 saturated carbocycles. The lowest BCUT2D eigenvalue weighted by Crippen LogP contribution is -2.29. The zero-order valence-corrected chi connectivity index (χ0v) is 14.4. The number of rotatable bonds is 9. The highest BCUT2D eigenvalue weighted by atomic mass is 32.1. The molecule has 4 N–H and O–H groups in total. The molecule has 1 aromatic rings. The van der Waals surface area contributed by atoms with Gasteiger partial charge in [0.2, 0.25) is 5.91 Å². The fraction of sp³-hybridized carbons (Fsp3) is 0.625. The van der Waals surface area contributed by atoms with Gasteiger partial charge in [-0.25, -0.2) is 4.79 Å². The Hall–Kier alpha value is -1.40. The Balaban J connectivity index is 3.03. The second-order valence-electron chi connectivity index (χ2n) is 5.47. The van der Waals surface area contributed by atoms with Crippen molar-refractivity contribution in [1.82, 2.24) is 0 Å². The first-order valence-corrected chi connectivity index (χ1v) is 8.64. The van der Waals surface area contributed by atoms with Gasteiger partial charge in [-0.2, -0.15) is 0 Å². The van der Waals surface area contributed by atoms with Gasteiger partial charge in [0, 0.05) is 11.4 Å². The van der Waals surface area contributed by atoms with Crippen molar-refractivity contribution in [2.75, 3.05) is 11.9 Å². The van der Waals surface area contributed by atoms with E-state index < -0.39 is 5.97 Å². The zero-order valence-electron chi connectivity index (χ0n) is 13.6. The lowest BCUT2D eigenvalue weighted by atomic mass is 10.0. The number of carboxylic acid groups (broad SMARTS) is 1. The topological polar surface area (TPSA) is 92.4 Å². The van der Waals surface area contributed by atoms with Crippen LogP contribution in [-0.4, -0.2) is 23.5 Å². The van der Waals surface area contributed by atoms with Gasteiger partial charge in [0.15, 0.2) is 0 Å². The third kappa shape index (κ3) is 4.55. The summed E-state index contributed by atoms with van der Waals surface area (Å²) in [6.45, 7) is 6.24. The number of nitrogens with two attached hydrogens (primary N) is 1. The molecule has 1 heterocycles. The quantitative estimate of drug-likeness (QED) is 0.648. The minimum Gasteiger partial charge on any atom is -0.477 e. The van der Waals surface area contributed by atoms with Crippen LogP contribution in [0.4, 0.5) is 5.69 Å². The first-order chi connectivity index (χ1) is 10.5. The maximum atomic E-state index is 12.3. The molecular weight excluding hydrogens is 300 g/mol. The molecule has 6 heteroatoms. The summed E-state index contributed by atoms with van der Waals surface area (Å²) in [5.41, 5.74) is 6.96. The standard InChI is InChI=1S/C16H26N2O3S/c1-4-6-8-12-10(3)13(14(22-12)16(20)21)18-15(19)11(9-17)7-5-2/h11H,4-9,17H2,1-3H3,(H,18,19)(H,20,21). The van der Waals surface area contributed by atoms with Crippen molar-refractivity contribution < 1.29 is 14.7 Å². The van der Waals surface area contributed by atoms with Gasteiger partial charge in [-0.1, -0.05) is 26.7 Å². The van der Waals surface area contributed by atoms with E-state index in [0.29, 0.717) is 12.1 Å². The van der Waals surface area contributed by atoms with Crippen molar-refractivity contribution in [3.05, 3.63) is 15.3 Å². The highest BCUT2D eigenvalue weighted by Gasteiger charge is 2.24. The number of carboxylic acids is 1. The first kappa shape index (κ1) is 18.6. The van der Waals surface area contributed by atoms with Crippen LogP contribution in [0.3, 0.4) is 0 Å². The van der Waals surface area contributed by atoms with E-state index in [0.717, 1.165) is 36.1 Å². The summed E-state index contributed by atoms with van der Waals surface area (Å²) in [6.07, 6.45) is 4.47. The van der Waals surface area contributed by atoms with Gasteiger partial charge in [0.05, 0.1) is 11.6 Å². The van der Waals surface area contributed by atoms with Crippen molar-refractivity contribution >= 4 is 28.9 Å². The Labute approximate surface area is 135 Å². The highest BCUT2D eigenvalue weighted by molar-refractivity contribution is 7.14. The number of hydrogen-bond acceptors (Lipinski definition) is 4. The molecule has 0 aliphatic rings. The van der Waals surface area contributed by atoms with Crippen LogP contribution in [0, 0.1) is 12.8 Å². The molecule has 0 spiro atoms. The van der Waals surface area contributed by atoms with Gasteiger partial charge in [0.25, 0.3) is 0 Å². The van der Waals surface area contributed by atoms with Crippen molar-refractivity contribution in [3.8, 4) is 0 Å². The molecule has 1 rings (SSSR count). The smallest absolute Gasteiger partial charge is 0.348 e. The van der Waals surface area contributed by atoms with E-state index >= 15 is 0 Å². The van der Waals surface area contributed by atoms with E-state index in [1.165, 1.54) is 11.3 Å². The lowest BCUT2D eigenvalue weighted by Gasteiger charge is -2.14. The molecule has 0 bridgehead atoms. The molecule has 0 radical (unpaired) electrons. The third-order valence-corrected chi connectivity index (χ3v) is 5.08. The van der Waals surface area contributed by atoms with Crippen LogP contribution in [0.5, 0.6) is 0 Å². The van der Waals surface area contributed by atoms with Crippen molar-refractivity contribution in [2.45, 2.75) is 52.9 Å². The summed E-state index contributed by atoms with van der Waals surface area (Å²) < 4.78 is 0. The number of unbranched alkanes of at least 4 members (excludes halogenated alkanes) is 1. The molecule has 0 aliphatic heterocycles. The van der Waals surface area contributed by atoms with Crippen LogP contribution < -0.4 is 11.1 Å².